The molecule has 0 aliphatic carbocycles. The molecule has 0 radical (unpaired) electrons. The summed E-state index contributed by atoms with van der Waals surface area (Å²) in [6.45, 7) is 0.243. The van der Waals surface area contributed by atoms with Gasteiger partial charge in [0, 0.05) is 12.1 Å². The molecule has 0 saturated carbocycles. The summed E-state index contributed by atoms with van der Waals surface area (Å²) in [4.78, 5) is 15.3. The second kappa shape index (κ2) is 4.68. The predicted octanol–water partition coefficient (Wildman–Crippen LogP) is 3.12. The fourth-order valence-corrected chi connectivity index (χ4v) is 2.76. The number of benzene rings is 1. The molecule has 3 rings (SSSR count). The molecule has 4 nitrogen and oxygen atoms in total. The second-order valence-electron chi connectivity index (χ2n) is 4.21. The maximum atomic E-state index is 13.3. The number of hydrogen-bond donors (Lipinski definition) is 1. The predicted molar refractivity (Wildman–Crippen MR) is 70.0 cm³/mol. The standard InChI is InChI=1S/C13H8F2N2O2S/c14-8-3-10-11(4-9(8)15)17(6-16-10)5-7-1-2-20-12(7)13(18)19/h1-4,6H,5H2,(H,18,19). The zero-order valence-corrected chi connectivity index (χ0v) is 10.8. The van der Waals surface area contributed by atoms with Crippen molar-refractivity contribution < 1.29 is 18.7 Å². The summed E-state index contributed by atoms with van der Waals surface area (Å²) in [7, 11) is 0. The minimum Gasteiger partial charge on any atom is -0.477 e. The van der Waals surface area contributed by atoms with Gasteiger partial charge in [0.25, 0.3) is 0 Å². The summed E-state index contributed by atoms with van der Waals surface area (Å²) < 4.78 is 28.0. The van der Waals surface area contributed by atoms with Gasteiger partial charge in [-0.3, -0.25) is 0 Å². The number of aromatic carboxylic acids is 1. The number of rotatable bonds is 3. The summed E-state index contributed by atoms with van der Waals surface area (Å²) in [5.74, 6) is -2.91. The molecule has 0 aliphatic rings. The summed E-state index contributed by atoms with van der Waals surface area (Å²) >= 11 is 1.12. The number of aromatic nitrogens is 2. The van der Waals surface area contributed by atoms with Crippen LogP contribution in [0.15, 0.2) is 29.9 Å². The zero-order chi connectivity index (χ0) is 14.3. The van der Waals surface area contributed by atoms with E-state index in [9.17, 15) is 13.6 Å². The maximum Gasteiger partial charge on any atom is 0.346 e. The molecule has 0 fully saturated rings. The summed E-state index contributed by atoms with van der Waals surface area (Å²) in [5, 5.41) is 10.7. The molecule has 1 aromatic carbocycles. The van der Waals surface area contributed by atoms with Crippen molar-refractivity contribution in [3.8, 4) is 0 Å². The van der Waals surface area contributed by atoms with Crippen LogP contribution in [0.4, 0.5) is 8.78 Å². The van der Waals surface area contributed by atoms with Gasteiger partial charge in [0.05, 0.1) is 23.9 Å². The highest BCUT2D eigenvalue weighted by atomic mass is 32.1. The number of imidazole rings is 1. The Morgan fingerprint density at radius 3 is 2.85 bits per heavy atom. The van der Waals surface area contributed by atoms with Crippen LogP contribution in [0.2, 0.25) is 0 Å². The Morgan fingerprint density at radius 2 is 2.10 bits per heavy atom. The highest BCUT2D eigenvalue weighted by Crippen LogP contribution is 2.22. The first-order valence-corrected chi connectivity index (χ1v) is 6.54. The average molecular weight is 294 g/mol. The minimum atomic E-state index is -1.00. The van der Waals surface area contributed by atoms with Crippen LogP contribution in [0, 0.1) is 11.6 Å². The lowest BCUT2D eigenvalue weighted by molar-refractivity contribution is 0.0701. The molecule has 0 amide bonds. The van der Waals surface area contributed by atoms with Gasteiger partial charge in [-0.1, -0.05) is 0 Å². The molecule has 0 aliphatic heterocycles. The normalized spacial score (nSPS) is 11.1. The van der Waals surface area contributed by atoms with Crippen molar-refractivity contribution in [2.75, 3.05) is 0 Å². The molecular formula is C13H8F2N2O2S. The molecule has 3 aromatic rings. The van der Waals surface area contributed by atoms with Gasteiger partial charge in [0.1, 0.15) is 4.88 Å². The van der Waals surface area contributed by atoms with Gasteiger partial charge in [0.2, 0.25) is 0 Å². The summed E-state index contributed by atoms with van der Waals surface area (Å²) in [6.07, 6.45) is 1.44. The Balaban J connectivity index is 2.05. The Kier molecular flexibility index (Phi) is 2.98. The number of nitrogens with zero attached hydrogens (tertiary/aromatic N) is 2. The SMILES string of the molecule is O=C(O)c1sccc1Cn1cnc2cc(F)c(F)cc21. The first-order valence-electron chi connectivity index (χ1n) is 5.66. The molecule has 0 bridgehead atoms. The number of carboxylic acid groups (broad SMARTS) is 1. The van der Waals surface area contributed by atoms with Gasteiger partial charge < -0.3 is 9.67 Å². The summed E-state index contributed by atoms with van der Waals surface area (Å²) in [6, 6.07) is 3.78. The van der Waals surface area contributed by atoms with Gasteiger partial charge in [-0.05, 0) is 17.0 Å². The third-order valence-electron chi connectivity index (χ3n) is 2.94. The maximum absolute atomic E-state index is 13.3. The molecule has 2 aromatic heterocycles. The van der Waals surface area contributed by atoms with E-state index in [-0.39, 0.29) is 11.4 Å². The van der Waals surface area contributed by atoms with E-state index in [4.69, 9.17) is 5.11 Å². The third kappa shape index (κ3) is 2.05. The summed E-state index contributed by atoms with van der Waals surface area (Å²) in [5.41, 5.74) is 1.36. The van der Waals surface area contributed by atoms with Crippen LogP contribution in [0.3, 0.4) is 0 Å². The molecule has 20 heavy (non-hydrogen) atoms. The third-order valence-corrected chi connectivity index (χ3v) is 3.89. The van der Waals surface area contributed by atoms with Crippen LogP contribution in [-0.2, 0) is 6.54 Å². The van der Waals surface area contributed by atoms with Crippen molar-refractivity contribution in [2.45, 2.75) is 6.54 Å². The fraction of sp³-hybridized carbons (Fsp3) is 0.0769. The molecular weight excluding hydrogens is 286 g/mol. The second-order valence-corrected chi connectivity index (χ2v) is 5.12. The van der Waals surface area contributed by atoms with Gasteiger partial charge in [-0.25, -0.2) is 18.6 Å². The lowest BCUT2D eigenvalue weighted by Gasteiger charge is -2.04. The first-order chi connectivity index (χ1) is 9.56. The van der Waals surface area contributed by atoms with Crippen molar-refractivity contribution in [1.29, 1.82) is 0 Å². The Hall–Kier alpha value is -2.28. The lowest BCUT2D eigenvalue weighted by Crippen LogP contribution is -2.03. The van der Waals surface area contributed by atoms with E-state index in [1.54, 1.807) is 16.0 Å². The topological polar surface area (TPSA) is 55.1 Å². The van der Waals surface area contributed by atoms with E-state index < -0.39 is 17.6 Å². The molecule has 0 unspecified atom stereocenters. The van der Waals surface area contributed by atoms with Crippen molar-refractivity contribution >= 4 is 28.3 Å². The van der Waals surface area contributed by atoms with Crippen LogP contribution in [0.5, 0.6) is 0 Å². The van der Waals surface area contributed by atoms with Gasteiger partial charge >= 0.3 is 5.97 Å². The highest BCUT2D eigenvalue weighted by Gasteiger charge is 2.14. The smallest absolute Gasteiger partial charge is 0.346 e. The van der Waals surface area contributed by atoms with E-state index in [1.165, 1.54) is 6.33 Å². The molecule has 1 N–H and O–H groups in total. The van der Waals surface area contributed by atoms with Crippen LogP contribution in [0.25, 0.3) is 11.0 Å². The van der Waals surface area contributed by atoms with Gasteiger partial charge in [-0.15, -0.1) is 11.3 Å². The largest absolute Gasteiger partial charge is 0.477 e. The molecule has 0 saturated heterocycles. The fourth-order valence-electron chi connectivity index (χ4n) is 2.01. The molecule has 2 heterocycles. The number of thiophene rings is 1. The van der Waals surface area contributed by atoms with Crippen LogP contribution in [0.1, 0.15) is 15.2 Å². The van der Waals surface area contributed by atoms with Crippen molar-refractivity contribution in [3.63, 3.8) is 0 Å². The number of halogens is 2. The number of fused-ring (bicyclic) bond motifs is 1. The lowest BCUT2D eigenvalue weighted by atomic mass is 10.2. The van der Waals surface area contributed by atoms with Crippen molar-refractivity contribution in [3.05, 3.63) is 52.0 Å². The van der Waals surface area contributed by atoms with E-state index in [0.717, 1.165) is 23.5 Å². The van der Waals surface area contributed by atoms with Crippen LogP contribution in [-0.4, -0.2) is 20.6 Å². The van der Waals surface area contributed by atoms with Gasteiger partial charge in [-0.2, -0.15) is 0 Å². The minimum absolute atomic E-state index is 0.231. The van der Waals surface area contributed by atoms with E-state index in [0.29, 0.717) is 16.6 Å². The van der Waals surface area contributed by atoms with E-state index in [1.807, 2.05) is 0 Å². The Bertz CT molecular complexity index is 810. The molecule has 0 atom stereocenters. The van der Waals surface area contributed by atoms with Crippen LogP contribution >= 0.6 is 11.3 Å². The zero-order valence-electron chi connectivity index (χ0n) is 10.0. The molecule has 7 heteroatoms. The van der Waals surface area contributed by atoms with Crippen molar-refractivity contribution in [1.82, 2.24) is 9.55 Å². The monoisotopic (exact) mass is 294 g/mol. The Morgan fingerprint density at radius 1 is 1.35 bits per heavy atom. The molecule has 102 valence electrons. The van der Waals surface area contributed by atoms with Crippen molar-refractivity contribution in [2.24, 2.45) is 0 Å². The number of hydrogen-bond acceptors (Lipinski definition) is 3. The van der Waals surface area contributed by atoms with Crippen LogP contribution < -0.4 is 0 Å². The number of carbonyl (C=O) groups is 1. The quantitative estimate of drug-likeness (QED) is 0.807. The van der Waals surface area contributed by atoms with Gasteiger partial charge in [0.15, 0.2) is 11.6 Å². The average Bonchev–Trinajstić information content (AvgIpc) is 2.99. The Labute approximate surface area is 115 Å². The molecule has 0 spiro atoms. The van der Waals surface area contributed by atoms with E-state index >= 15 is 0 Å². The van der Waals surface area contributed by atoms with E-state index in [2.05, 4.69) is 4.98 Å². The number of carboxylic acids is 1. The highest BCUT2D eigenvalue weighted by molar-refractivity contribution is 7.12. The first kappa shape index (κ1) is 12.7.